The second-order valence-corrected chi connectivity index (χ2v) is 7.66. The highest BCUT2D eigenvalue weighted by molar-refractivity contribution is 9.10. The molecule has 3 aromatic carbocycles. The Morgan fingerprint density at radius 1 is 1.14 bits per heavy atom. The summed E-state index contributed by atoms with van der Waals surface area (Å²) in [5.74, 6) is 0.306. The fraction of sp³-hybridized carbons (Fsp3) is 0.136. The first kappa shape index (κ1) is 21.1. The topological polar surface area (TPSA) is 64.3 Å². The Morgan fingerprint density at radius 2 is 1.93 bits per heavy atom. The Labute approximate surface area is 182 Å². The standard InChI is InChI=1S/C22H19BrClFN2O2/c1-13-11-15(29-10-9-25)6-7-16(13)22(28)17-3-2-4-20(21(17)24)27-19-8-5-14(23)12-18(19)26/h2-8,11-12,27H,9-10,26H2,1H3. The number of benzene rings is 3. The number of anilines is 3. The van der Waals surface area contributed by atoms with E-state index in [9.17, 15) is 9.18 Å². The summed E-state index contributed by atoms with van der Waals surface area (Å²) in [6, 6.07) is 15.7. The van der Waals surface area contributed by atoms with Crippen molar-refractivity contribution in [2.75, 3.05) is 24.3 Å². The number of alkyl halides is 1. The van der Waals surface area contributed by atoms with Gasteiger partial charge in [0.1, 0.15) is 19.0 Å². The lowest BCUT2D eigenvalue weighted by atomic mass is 9.98. The Hall–Kier alpha value is -2.57. The SMILES string of the molecule is Cc1cc(OCCF)ccc1C(=O)c1cccc(Nc2ccc(Br)cc2N)c1Cl. The molecule has 0 aliphatic rings. The summed E-state index contributed by atoms with van der Waals surface area (Å²) >= 11 is 9.91. The van der Waals surface area contributed by atoms with Crippen molar-refractivity contribution in [1.82, 2.24) is 0 Å². The molecule has 0 atom stereocenters. The predicted octanol–water partition coefficient (Wildman–Crippen LogP) is 6.32. The minimum atomic E-state index is -0.571. The molecule has 150 valence electrons. The largest absolute Gasteiger partial charge is 0.491 e. The summed E-state index contributed by atoms with van der Waals surface area (Å²) < 4.78 is 18.4. The summed E-state index contributed by atoms with van der Waals surface area (Å²) in [5, 5.41) is 3.48. The third kappa shape index (κ3) is 4.89. The van der Waals surface area contributed by atoms with Crippen molar-refractivity contribution in [3.8, 4) is 5.75 Å². The zero-order chi connectivity index (χ0) is 21.0. The van der Waals surface area contributed by atoms with Gasteiger partial charge in [0.05, 0.1) is 22.1 Å². The molecule has 7 heteroatoms. The van der Waals surface area contributed by atoms with Crippen LogP contribution in [0.2, 0.25) is 5.02 Å². The lowest BCUT2D eigenvalue weighted by Crippen LogP contribution is -2.07. The number of nitrogens with one attached hydrogen (secondary N) is 1. The van der Waals surface area contributed by atoms with Crippen molar-refractivity contribution in [2.24, 2.45) is 0 Å². The number of aryl methyl sites for hydroxylation is 1. The third-order valence-corrected chi connectivity index (χ3v) is 5.22. The quantitative estimate of drug-likeness (QED) is 0.309. The van der Waals surface area contributed by atoms with Crippen molar-refractivity contribution >= 4 is 50.4 Å². The maximum Gasteiger partial charge on any atom is 0.194 e. The maximum absolute atomic E-state index is 13.1. The highest BCUT2D eigenvalue weighted by Crippen LogP contribution is 2.33. The maximum atomic E-state index is 13.1. The highest BCUT2D eigenvalue weighted by Gasteiger charge is 2.18. The van der Waals surface area contributed by atoms with E-state index in [1.807, 2.05) is 12.1 Å². The minimum Gasteiger partial charge on any atom is -0.491 e. The van der Waals surface area contributed by atoms with Gasteiger partial charge in [-0.2, -0.15) is 0 Å². The summed E-state index contributed by atoms with van der Waals surface area (Å²) in [5.41, 5.74) is 9.44. The first-order chi connectivity index (χ1) is 13.9. The second-order valence-electron chi connectivity index (χ2n) is 6.37. The Kier molecular flexibility index (Phi) is 6.77. The van der Waals surface area contributed by atoms with Crippen molar-refractivity contribution < 1.29 is 13.9 Å². The number of nitrogen functional groups attached to an aromatic ring is 1. The van der Waals surface area contributed by atoms with Crippen LogP contribution in [0.5, 0.6) is 5.75 Å². The van der Waals surface area contributed by atoms with Crippen LogP contribution in [0, 0.1) is 6.92 Å². The summed E-state index contributed by atoms with van der Waals surface area (Å²) in [6.45, 7) is 1.21. The molecular formula is C22H19BrClFN2O2. The smallest absolute Gasteiger partial charge is 0.194 e. The Balaban J connectivity index is 1.89. The molecule has 0 bridgehead atoms. The number of hydrogen-bond donors (Lipinski definition) is 2. The molecule has 0 fully saturated rings. The molecule has 29 heavy (non-hydrogen) atoms. The molecule has 3 rings (SSSR count). The number of nitrogens with two attached hydrogens (primary N) is 1. The van der Waals surface area contributed by atoms with Gasteiger partial charge in [-0.1, -0.05) is 33.6 Å². The van der Waals surface area contributed by atoms with Gasteiger partial charge in [0.15, 0.2) is 5.78 Å². The van der Waals surface area contributed by atoms with E-state index in [-0.39, 0.29) is 12.4 Å². The van der Waals surface area contributed by atoms with Gasteiger partial charge in [0.2, 0.25) is 0 Å². The molecule has 3 aromatic rings. The average Bonchev–Trinajstić information content (AvgIpc) is 2.69. The molecule has 0 spiro atoms. The fourth-order valence-corrected chi connectivity index (χ4v) is 3.52. The van der Waals surface area contributed by atoms with E-state index in [0.717, 1.165) is 10.0 Å². The number of halogens is 3. The van der Waals surface area contributed by atoms with Crippen molar-refractivity contribution in [2.45, 2.75) is 6.92 Å². The number of carbonyl (C=O) groups excluding carboxylic acids is 1. The van der Waals surface area contributed by atoms with Gasteiger partial charge in [-0.3, -0.25) is 4.79 Å². The zero-order valence-electron chi connectivity index (χ0n) is 15.6. The molecule has 3 N–H and O–H groups in total. The molecule has 0 amide bonds. The molecule has 0 unspecified atom stereocenters. The van der Waals surface area contributed by atoms with Crippen molar-refractivity contribution in [3.05, 3.63) is 80.8 Å². The first-order valence-corrected chi connectivity index (χ1v) is 10.0. The van der Waals surface area contributed by atoms with Crippen LogP contribution in [0.25, 0.3) is 0 Å². The van der Waals surface area contributed by atoms with Crippen LogP contribution in [-0.2, 0) is 0 Å². The summed E-state index contributed by atoms with van der Waals surface area (Å²) in [4.78, 5) is 13.1. The molecule has 4 nitrogen and oxygen atoms in total. The Bertz CT molecular complexity index is 1060. The minimum absolute atomic E-state index is 0.0224. The molecule has 0 saturated carbocycles. The predicted molar refractivity (Wildman–Crippen MR) is 119 cm³/mol. The van der Waals surface area contributed by atoms with Crippen LogP contribution in [0.1, 0.15) is 21.5 Å². The van der Waals surface area contributed by atoms with E-state index in [2.05, 4.69) is 21.2 Å². The lowest BCUT2D eigenvalue weighted by Gasteiger charge is -2.14. The van der Waals surface area contributed by atoms with Gasteiger partial charge < -0.3 is 15.8 Å². The summed E-state index contributed by atoms with van der Waals surface area (Å²) in [7, 11) is 0. The normalized spacial score (nSPS) is 10.6. The van der Waals surface area contributed by atoms with Crippen LogP contribution < -0.4 is 15.8 Å². The number of ketones is 1. The van der Waals surface area contributed by atoms with Crippen LogP contribution >= 0.6 is 27.5 Å². The molecule has 0 saturated heterocycles. The van der Waals surface area contributed by atoms with Crippen LogP contribution in [0.4, 0.5) is 21.5 Å². The summed E-state index contributed by atoms with van der Waals surface area (Å²) in [6.07, 6.45) is 0. The van der Waals surface area contributed by atoms with Gasteiger partial charge in [-0.05, 0) is 61.0 Å². The molecule has 0 heterocycles. The molecular weight excluding hydrogens is 459 g/mol. The zero-order valence-corrected chi connectivity index (χ0v) is 18.0. The first-order valence-electron chi connectivity index (χ1n) is 8.85. The molecule has 0 aromatic heterocycles. The van der Waals surface area contributed by atoms with Crippen molar-refractivity contribution in [3.63, 3.8) is 0 Å². The van der Waals surface area contributed by atoms with Crippen LogP contribution in [-0.4, -0.2) is 19.1 Å². The van der Waals surface area contributed by atoms with Crippen LogP contribution in [0.3, 0.4) is 0 Å². The number of ether oxygens (including phenoxy) is 1. The number of hydrogen-bond acceptors (Lipinski definition) is 4. The number of rotatable bonds is 7. The van der Waals surface area contributed by atoms with Gasteiger partial charge >= 0.3 is 0 Å². The Morgan fingerprint density at radius 3 is 2.62 bits per heavy atom. The van der Waals surface area contributed by atoms with E-state index in [1.165, 1.54) is 0 Å². The second kappa shape index (κ2) is 9.29. The monoisotopic (exact) mass is 476 g/mol. The van der Waals surface area contributed by atoms with E-state index in [1.54, 1.807) is 49.4 Å². The third-order valence-electron chi connectivity index (χ3n) is 4.31. The van der Waals surface area contributed by atoms with E-state index < -0.39 is 6.67 Å². The van der Waals surface area contributed by atoms with Gasteiger partial charge in [-0.15, -0.1) is 0 Å². The van der Waals surface area contributed by atoms with Gasteiger partial charge in [0.25, 0.3) is 0 Å². The van der Waals surface area contributed by atoms with Crippen molar-refractivity contribution in [1.29, 1.82) is 0 Å². The van der Waals surface area contributed by atoms with Gasteiger partial charge in [-0.25, -0.2) is 4.39 Å². The van der Waals surface area contributed by atoms with E-state index >= 15 is 0 Å². The highest BCUT2D eigenvalue weighted by atomic mass is 79.9. The molecule has 0 aliphatic carbocycles. The molecule has 0 aliphatic heterocycles. The lowest BCUT2D eigenvalue weighted by molar-refractivity contribution is 0.103. The number of carbonyl (C=O) groups is 1. The van der Waals surface area contributed by atoms with E-state index in [0.29, 0.717) is 39.0 Å². The van der Waals surface area contributed by atoms with E-state index in [4.69, 9.17) is 22.1 Å². The average molecular weight is 478 g/mol. The fourth-order valence-electron chi connectivity index (χ4n) is 2.88. The van der Waals surface area contributed by atoms with Gasteiger partial charge in [0, 0.05) is 15.6 Å². The molecule has 0 radical (unpaired) electrons. The van der Waals surface area contributed by atoms with Crippen LogP contribution in [0.15, 0.2) is 59.1 Å².